The van der Waals surface area contributed by atoms with Gasteiger partial charge in [0.2, 0.25) is 10.0 Å². The Kier molecular flexibility index (Phi) is 7.29. The third-order valence-electron chi connectivity index (χ3n) is 3.57. The summed E-state index contributed by atoms with van der Waals surface area (Å²) in [7, 11) is -1.62. The molecule has 0 radical (unpaired) electrons. The second-order valence-corrected chi connectivity index (χ2v) is 9.99. The molecule has 26 heavy (non-hydrogen) atoms. The van der Waals surface area contributed by atoms with Crippen LogP contribution in [0.5, 0.6) is 0 Å². The van der Waals surface area contributed by atoms with Gasteiger partial charge in [0.05, 0.1) is 12.3 Å². The first kappa shape index (κ1) is 22.5. The molecule has 0 bridgehead atoms. The number of ether oxygens (including phenoxy) is 1. The van der Waals surface area contributed by atoms with E-state index in [9.17, 15) is 13.2 Å². The molecule has 0 spiro atoms. The van der Waals surface area contributed by atoms with Gasteiger partial charge in [-0.25, -0.2) is 17.9 Å². The predicted molar refractivity (Wildman–Crippen MR) is 103 cm³/mol. The van der Waals surface area contributed by atoms with Gasteiger partial charge < -0.3 is 20.3 Å². The fraction of sp³-hybridized carbons (Fsp3) is 0.875. The molecule has 1 saturated heterocycles. The van der Waals surface area contributed by atoms with Gasteiger partial charge in [-0.05, 0) is 41.0 Å². The van der Waals surface area contributed by atoms with Crippen LogP contribution in [-0.4, -0.2) is 75.5 Å². The van der Waals surface area contributed by atoms with Crippen molar-refractivity contribution in [2.24, 2.45) is 4.99 Å². The van der Waals surface area contributed by atoms with E-state index in [1.165, 1.54) is 0 Å². The Morgan fingerprint density at radius 2 is 1.88 bits per heavy atom. The zero-order valence-electron chi connectivity index (χ0n) is 16.8. The number of aliphatic imine (C=N–C) groups is 1. The zero-order chi connectivity index (χ0) is 20.2. The topological polar surface area (TPSA) is 112 Å². The molecule has 1 atom stereocenters. The average molecular weight is 392 g/mol. The Hall–Kier alpha value is -1.55. The minimum Gasteiger partial charge on any atom is -0.444 e. The zero-order valence-corrected chi connectivity index (χ0v) is 17.7. The van der Waals surface area contributed by atoms with E-state index in [1.807, 2.05) is 25.7 Å². The summed E-state index contributed by atoms with van der Waals surface area (Å²) in [5.41, 5.74) is -1.18. The first-order chi connectivity index (χ1) is 11.7. The van der Waals surface area contributed by atoms with E-state index in [0.29, 0.717) is 19.0 Å². The van der Waals surface area contributed by atoms with Crippen molar-refractivity contribution < 1.29 is 17.9 Å². The van der Waals surface area contributed by atoms with Crippen molar-refractivity contribution in [1.82, 2.24) is 20.3 Å². The summed E-state index contributed by atoms with van der Waals surface area (Å²) in [5.74, 6) is 0.668. The molecule has 3 N–H and O–H groups in total. The number of hydrogen-bond acceptors (Lipinski definition) is 5. The number of alkyl carbamates (subject to hydrolysis) is 1. The molecule has 1 heterocycles. The molecule has 9 nitrogen and oxygen atoms in total. The van der Waals surface area contributed by atoms with E-state index in [4.69, 9.17) is 4.74 Å². The highest BCUT2D eigenvalue weighted by molar-refractivity contribution is 7.88. The molecule has 10 heteroatoms. The van der Waals surface area contributed by atoms with Gasteiger partial charge in [-0.3, -0.25) is 4.99 Å². The molecular weight excluding hydrogens is 358 g/mol. The number of sulfonamides is 1. The minimum absolute atomic E-state index is 0.0226. The Balaban J connectivity index is 2.54. The largest absolute Gasteiger partial charge is 0.444 e. The van der Waals surface area contributed by atoms with E-state index in [1.54, 1.807) is 20.9 Å². The van der Waals surface area contributed by atoms with Gasteiger partial charge >= 0.3 is 6.09 Å². The van der Waals surface area contributed by atoms with Gasteiger partial charge in [0.1, 0.15) is 5.60 Å². The predicted octanol–water partition coefficient (Wildman–Crippen LogP) is 0.489. The quantitative estimate of drug-likeness (QED) is 0.464. The number of amides is 1. The van der Waals surface area contributed by atoms with Crippen molar-refractivity contribution in [3.63, 3.8) is 0 Å². The maximum atomic E-state index is 11.9. The lowest BCUT2D eigenvalue weighted by molar-refractivity contribution is 0.0507. The van der Waals surface area contributed by atoms with E-state index in [-0.39, 0.29) is 6.04 Å². The Morgan fingerprint density at radius 1 is 1.27 bits per heavy atom. The molecule has 0 aromatic heterocycles. The maximum Gasteiger partial charge on any atom is 0.407 e. The van der Waals surface area contributed by atoms with E-state index < -0.39 is 27.3 Å². The summed E-state index contributed by atoms with van der Waals surface area (Å²) < 4.78 is 30.7. The first-order valence-corrected chi connectivity index (χ1v) is 10.5. The van der Waals surface area contributed by atoms with Gasteiger partial charge in [-0.1, -0.05) is 0 Å². The molecule has 1 unspecified atom stereocenters. The summed E-state index contributed by atoms with van der Waals surface area (Å²) >= 11 is 0. The molecule has 1 amide bonds. The third kappa shape index (κ3) is 8.70. The number of rotatable bonds is 5. The summed E-state index contributed by atoms with van der Waals surface area (Å²) in [6, 6.07) is -0.0226. The monoisotopic (exact) mass is 391 g/mol. The van der Waals surface area contributed by atoms with Crippen LogP contribution < -0.4 is 15.4 Å². The summed E-state index contributed by atoms with van der Waals surface area (Å²) in [6.45, 7) is 10.8. The van der Waals surface area contributed by atoms with Crippen LogP contribution in [0.1, 0.15) is 41.0 Å². The number of carbonyl (C=O) groups excluding carboxylic acids is 1. The number of nitrogens with one attached hydrogen (secondary N) is 3. The van der Waals surface area contributed by atoms with Gasteiger partial charge in [0.25, 0.3) is 0 Å². The second-order valence-electron chi connectivity index (χ2n) is 8.24. The molecule has 1 aliphatic rings. The fourth-order valence-corrected chi connectivity index (χ4v) is 3.79. The van der Waals surface area contributed by atoms with Crippen molar-refractivity contribution in [3.05, 3.63) is 0 Å². The minimum atomic E-state index is -3.30. The van der Waals surface area contributed by atoms with Crippen molar-refractivity contribution >= 4 is 22.1 Å². The van der Waals surface area contributed by atoms with Crippen LogP contribution in [0, 0.1) is 0 Å². The van der Waals surface area contributed by atoms with Gasteiger partial charge in [0, 0.05) is 32.2 Å². The standard InChI is InChI=1S/C16H33N5O4S/c1-15(2,3)25-14(22)19-12-8-9-21(10-12)13(17-6)18-11-16(4,5)20-26(7,23)24/h12,20H,8-11H2,1-7H3,(H,17,18)(H,19,22). The fourth-order valence-electron chi connectivity index (χ4n) is 2.71. The van der Waals surface area contributed by atoms with Gasteiger partial charge in [-0.15, -0.1) is 0 Å². The Morgan fingerprint density at radius 3 is 2.38 bits per heavy atom. The normalized spacial score (nSPS) is 19.4. The van der Waals surface area contributed by atoms with E-state index in [2.05, 4.69) is 20.3 Å². The Bertz CT molecular complexity index is 625. The number of likely N-dealkylation sites (tertiary alicyclic amines) is 1. The Labute approximate surface area is 157 Å². The lowest BCUT2D eigenvalue weighted by Gasteiger charge is -2.29. The highest BCUT2D eigenvalue weighted by atomic mass is 32.2. The molecule has 1 rings (SSSR count). The SMILES string of the molecule is CN=C(NCC(C)(C)NS(C)(=O)=O)N1CCC(NC(=O)OC(C)(C)C)C1. The first-order valence-electron chi connectivity index (χ1n) is 8.65. The van der Waals surface area contributed by atoms with Crippen molar-refractivity contribution in [3.8, 4) is 0 Å². The van der Waals surface area contributed by atoms with Crippen LogP contribution in [0.2, 0.25) is 0 Å². The molecule has 0 saturated carbocycles. The van der Waals surface area contributed by atoms with E-state index >= 15 is 0 Å². The lowest BCUT2D eigenvalue weighted by atomic mass is 10.1. The number of hydrogen-bond donors (Lipinski definition) is 3. The second kappa shape index (κ2) is 8.43. The van der Waals surface area contributed by atoms with Crippen LogP contribution in [0.15, 0.2) is 4.99 Å². The molecule has 152 valence electrons. The highest BCUT2D eigenvalue weighted by Crippen LogP contribution is 2.12. The summed E-state index contributed by atoms with van der Waals surface area (Å²) in [4.78, 5) is 18.2. The van der Waals surface area contributed by atoms with Crippen LogP contribution in [-0.2, 0) is 14.8 Å². The maximum absolute atomic E-state index is 11.9. The van der Waals surface area contributed by atoms with Crippen molar-refractivity contribution in [2.75, 3.05) is 32.9 Å². The lowest BCUT2D eigenvalue weighted by Crippen LogP contribution is -2.53. The molecule has 1 aliphatic heterocycles. The summed E-state index contributed by atoms with van der Waals surface area (Å²) in [6.07, 6.45) is 1.49. The van der Waals surface area contributed by atoms with Crippen molar-refractivity contribution in [1.29, 1.82) is 0 Å². The number of guanidine groups is 1. The number of carbonyl (C=O) groups is 1. The summed E-state index contributed by atoms with van der Waals surface area (Å²) in [5, 5.41) is 6.06. The molecule has 0 aromatic rings. The molecule has 1 fully saturated rings. The number of nitrogens with zero attached hydrogens (tertiary/aromatic N) is 2. The van der Waals surface area contributed by atoms with Gasteiger partial charge in [-0.2, -0.15) is 0 Å². The van der Waals surface area contributed by atoms with E-state index in [0.717, 1.165) is 19.2 Å². The molecule has 0 aliphatic carbocycles. The van der Waals surface area contributed by atoms with Crippen LogP contribution in [0.4, 0.5) is 4.79 Å². The molecule has 0 aromatic carbocycles. The van der Waals surface area contributed by atoms with Crippen molar-refractivity contribution in [2.45, 2.75) is 58.2 Å². The smallest absolute Gasteiger partial charge is 0.407 e. The highest BCUT2D eigenvalue weighted by Gasteiger charge is 2.29. The van der Waals surface area contributed by atoms with Crippen LogP contribution >= 0.6 is 0 Å². The molecular formula is C16H33N5O4S. The third-order valence-corrected chi connectivity index (χ3v) is 4.49. The van der Waals surface area contributed by atoms with Gasteiger partial charge in [0.15, 0.2) is 5.96 Å². The van der Waals surface area contributed by atoms with Crippen LogP contribution in [0.25, 0.3) is 0 Å². The van der Waals surface area contributed by atoms with Crippen LogP contribution in [0.3, 0.4) is 0 Å². The average Bonchev–Trinajstić information content (AvgIpc) is 2.82.